The van der Waals surface area contributed by atoms with E-state index in [0.717, 1.165) is 35.3 Å². The van der Waals surface area contributed by atoms with Gasteiger partial charge in [0.25, 0.3) is 0 Å². The highest BCUT2D eigenvalue weighted by molar-refractivity contribution is 7.99. The maximum Gasteiger partial charge on any atom is 0.191 e. The molecule has 0 spiro atoms. The Bertz CT molecular complexity index is 631. The van der Waals surface area contributed by atoms with E-state index in [2.05, 4.69) is 28.6 Å². The third kappa shape index (κ3) is 4.38. The van der Waals surface area contributed by atoms with Gasteiger partial charge in [-0.25, -0.2) is 0 Å². The molecule has 2 aromatic rings. The third-order valence-electron chi connectivity index (χ3n) is 2.97. The molecular weight excluding hydrogens is 341 g/mol. The number of nitrogens with zero attached hydrogens (tertiary/aromatic N) is 3. The van der Waals surface area contributed by atoms with Crippen LogP contribution < -0.4 is 0 Å². The summed E-state index contributed by atoms with van der Waals surface area (Å²) in [6.45, 7) is 5.29. The summed E-state index contributed by atoms with van der Waals surface area (Å²) in [6, 6.07) is 5.38. The second kappa shape index (κ2) is 8.20. The number of aromatic nitrogens is 3. The van der Waals surface area contributed by atoms with Crippen molar-refractivity contribution in [2.45, 2.75) is 32.0 Å². The third-order valence-corrected chi connectivity index (χ3v) is 4.57. The smallest absolute Gasteiger partial charge is 0.191 e. The van der Waals surface area contributed by atoms with E-state index in [9.17, 15) is 0 Å². The van der Waals surface area contributed by atoms with Crippen LogP contribution in [0.2, 0.25) is 10.0 Å². The highest BCUT2D eigenvalue weighted by atomic mass is 35.5. The molecule has 0 aliphatic carbocycles. The molecule has 22 heavy (non-hydrogen) atoms. The van der Waals surface area contributed by atoms with Crippen molar-refractivity contribution in [2.75, 3.05) is 12.4 Å². The molecule has 0 atom stereocenters. The van der Waals surface area contributed by atoms with E-state index in [1.54, 1.807) is 23.9 Å². The summed E-state index contributed by atoms with van der Waals surface area (Å²) in [5.74, 6) is 2.01. The lowest BCUT2D eigenvalue weighted by atomic mass is 10.2. The average molecular weight is 360 g/mol. The van der Waals surface area contributed by atoms with E-state index in [-0.39, 0.29) is 6.61 Å². The summed E-state index contributed by atoms with van der Waals surface area (Å²) in [4.78, 5) is 0. The minimum Gasteiger partial charge on any atom is -0.396 e. The monoisotopic (exact) mass is 359 g/mol. The molecule has 0 saturated heterocycles. The molecule has 0 aliphatic heterocycles. The first-order valence-corrected chi connectivity index (χ1v) is 8.89. The van der Waals surface area contributed by atoms with E-state index in [1.165, 1.54) is 0 Å². The van der Waals surface area contributed by atoms with Gasteiger partial charge in [0, 0.05) is 29.5 Å². The minimum atomic E-state index is 0.182. The van der Waals surface area contributed by atoms with Crippen LogP contribution in [0.25, 0.3) is 11.4 Å². The number of aliphatic hydroxyl groups excluding tert-OH is 1. The van der Waals surface area contributed by atoms with Crippen LogP contribution in [-0.2, 0) is 6.54 Å². The number of rotatable bonds is 7. The van der Waals surface area contributed by atoms with Gasteiger partial charge in [-0.15, -0.1) is 10.2 Å². The first-order valence-electron chi connectivity index (χ1n) is 7.15. The van der Waals surface area contributed by atoms with Gasteiger partial charge in [0.2, 0.25) is 0 Å². The molecule has 1 heterocycles. The van der Waals surface area contributed by atoms with Gasteiger partial charge in [-0.2, -0.15) is 0 Å². The first kappa shape index (κ1) is 17.6. The lowest BCUT2D eigenvalue weighted by molar-refractivity contribution is 0.296. The van der Waals surface area contributed by atoms with Crippen molar-refractivity contribution in [3.05, 3.63) is 28.2 Å². The fraction of sp³-hybridized carbons (Fsp3) is 0.467. The lowest BCUT2D eigenvalue weighted by Gasteiger charge is -2.13. The molecule has 4 nitrogen and oxygen atoms in total. The van der Waals surface area contributed by atoms with Crippen molar-refractivity contribution in [3.63, 3.8) is 0 Å². The summed E-state index contributed by atoms with van der Waals surface area (Å²) >= 11 is 13.9. The molecule has 7 heteroatoms. The van der Waals surface area contributed by atoms with Crippen LogP contribution in [0.4, 0.5) is 0 Å². The number of hydrogen-bond donors (Lipinski definition) is 1. The highest BCUT2D eigenvalue weighted by Crippen LogP contribution is 2.32. The zero-order chi connectivity index (χ0) is 16.1. The average Bonchev–Trinajstić information content (AvgIpc) is 2.82. The second-order valence-corrected chi connectivity index (χ2v) is 7.27. The molecule has 0 radical (unpaired) electrons. The molecule has 0 saturated carbocycles. The summed E-state index contributed by atoms with van der Waals surface area (Å²) in [5, 5.41) is 19.5. The van der Waals surface area contributed by atoms with Crippen molar-refractivity contribution in [1.29, 1.82) is 0 Å². The van der Waals surface area contributed by atoms with Crippen LogP contribution in [0.1, 0.15) is 20.3 Å². The lowest BCUT2D eigenvalue weighted by Crippen LogP contribution is -2.08. The Balaban J connectivity index is 2.37. The number of hydrogen-bond acceptors (Lipinski definition) is 4. The van der Waals surface area contributed by atoms with Crippen molar-refractivity contribution in [3.8, 4) is 11.4 Å². The number of halogens is 2. The summed E-state index contributed by atoms with van der Waals surface area (Å²) in [5.41, 5.74) is 0.827. The predicted octanol–water partition coefficient (Wildman–Crippen LogP) is 4.38. The van der Waals surface area contributed by atoms with E-state index in [0.29, 0.717) is 16.0 Å². The summed E-state index contributed by atoms with van der Waals surface area (Å²) in [6.07, 6.45) is 0.732. The Morgan fingerprint density at radius 1 is 1.27 bits per heavy atom. The molecule has 120 valence electrons. The largest absolute Gasteiger partial charge is 0.396 e. The Morgan fingerprint density at radius 3 is 2.68 bits per heavy atom. The van der Waals surface area contributed by atoms with Crippen LogP contribution >= 0.6 is 35.0 Å². The molecular formula is C15H19Cl2N3OS. The maximum absolute atomic E-state index is 8.92. The maximum atomic E-state index is 8.92. The van der Waals surface area contributed by atoms with Gasteiger partial charge < -0.3 is 9.67 Å². The molecule has 2 rings (SSSR count). The van der Waals surface area contributed by atoms with E-state index >= 15 is 0 Å². The van der Waals surface area contributed by atoms with E-state index < -0.39 is 0 Å². The van der Waals surface area contributed by atoms with Gasteiger partial charge in [0.05, 0.1) is 5.02 Å². The number of benzene rings is 1. The van der Waals surface area contributed by atoms with Crippen molar-refractivity contribution in [2.24, 2.45) is 5.92 Å². The van der Waals surface area contributed by atoms with Crippen molar-refractivity contribution in [1.82, 2.24) is 14.8 Å². The summed E-state index contributed by atoms with van der Waals surface area (Å²) in [7, 11) is 0. The summed E-state index contributed by atoms with van der Waals surface area (Å²) < 4.78 is 2.09. The molecule has 0 bridgehead atoms. The molecule has 0 amide bonds. The van der Waals surface area contributed by atoms with Crippen LogP contribution in [0.3, 0.4) is 0 Å². The number of thioether (sulfide) groups is 1. The fourth-order valence-corrected chi connectivity index (χ4v) is 3.39. The minimum absolute atomic E-state index is 0.182. The Labute approximate surface area is 144 Å². The van der Waals surface area contributed by atoms with Gasteiger partial charge in [-0.05, 0) is 30.5 Å². The Morgan fingerprint density at radius 2 is 2.05 bits per heavy atom. The highest BCUT2D eigenvalue weighted by Gasteiger charge is 2.17. The van der Waals surface area contributed by atoms with Crippen molar-refractivity contribution >= 4 is 35.0 Å². The standard InChI is InChI=1S/C15H19Cl2N3OS/c1-10(2)9-20-14(12-5-4-11(16)8-13(12)17)18-19-15(20)22-7-3-6-21/h4-5,8,10,21H,3,6-7,9H2,1-2H3. The second-order valence-electron chi connectivity index (χ2n) is 5.36. The van der Waals surface area contributed by atoms with Crippen molar-refractivity contribution < 1.29 is 5.11 Å². The van der Waals surface area contributed by atoms with Gasteiger partial charge in [0.1, 0.15) is 0 Å². The van der Waals surface area contributed by atoms with Crippen LogP contribution in [0.15, 0.2) is 23.4 Å². The quantitative estimate of drug-likeness (QED) is 0.588. The van der Waals surface area contributed by atoms with E-state index in [1.807, 2.05) is 6.07 Å². The van der Waals surface area contributed by atoms with Gasteiger partial charge in [-0.3, -0.25) is 0 Å². The Hall–Kier alpha value is -0.750. The molecule has 1 aromatic carbocycles. The predicted molar refractivity (Wildman–Crippen MR) is 92.7 cm³/mol. The fourth-order valence-electron chi connectivity index (χ4n) is 2.02. The first-order chi connectivity index (χ1) is 10.5. The molecule has 0 aliphatic rings. The van der Waals surface area contributed by atoms with Crippen LogP contribution in [-0.4, -0.2) is 32.2 Å². The molecule has 1 aromatic heterocycles. The van der Waals surface area contributed by atoms with Crippen LogP contribution in [0.5, 0.6) is 0 Å². The van der Waals surface area contributed by atoms with Gasteiger partial charge >= 0.3 is 0 Å². The number of aliphatic hydroxyl groups is 1. The van der Waals surface area contributed by atoms with E-state index in [4.69, 9.17) is 28.3 Å². The van der Waals surface area contributed by atoms with Gasteiger partial charge in [-0.1, -0.05) is 48.8 Å². The topological polar surface area (TPSA) is 50.9 Å². The van der Waals surface area contributed by atoms with Gasteiger partial charge in [0.15, 0.2) is 11.0 Å². The SMILES string of the molecule is CC(C)Cn1c(SCCCO)nnc1-c1ccc(Cl)cc1Cl. The normalized spacial score (nSPS) is 11.4. The zero-order valence-electron chi connectivity index (χ0n) is 12.6. The molecule has 0 fully saturated rings. The molecule has 0 unspecified atom stereocenters. The van der Waals surface area contributed by atoms with Crippen LogP contribution in [0, 0.1) is 5.92 Å². The zero-order valence-corrected chi connectivity index (χ0v) is 14.9. The Kier molecular flexibility index (Phi) is 6.56. The molecule has 1 N–H and O–H groups in total.